The Kier molecular flexibility index (Phi) is 7.66. The van der Waals surface area contributed by atoms with E-state index in [4.69, 9.17) is 9.84 Å². The number of alkyl halides is 1. The predicted octanol–water partition coefficient (Wildman–Crippen LogP) is 1.93. The van der Waals surface area contributed by atoms with Crippen molar-refractivity contribution in [1.29, 1.82) is 0 Å². The van der Waals surface area contributed by atoms with E-state index in [-0.39, 0.29) is 25.1 Å². The number of halogens is 2. The molecule has 2 fully saturated rings. The highest BCUT2D eigenvalue weighted by atomic mass is 19.1. The van der Waals surface area contributed by atoms with Gasteiger partial charge in [-0.3, -0.25) is 14.4 Å². The average Bonchev–Trinajstić information content (AvgIpc) is 3.33. The molecular weight excluding hydrogens is 464 g/mol. The smallest absolute Gasteiger partial charge is 0.341 e. The largest absolute Gasteiger partial charge is 0.481 e. The molecule has 9 nitrogen and oxygen atoms in total. The van der Waals surface area contributed by atoms with E-state index in [2.05, 4.69) is 10.6 Å². The number of likely N-dealkylation sites (tertiary alicyclic amines) is 1. The molecule has 1 heterocycles. The highest BCUT2D eigenvalue weighted by molar-refractivity contribution is 5.95. The van der Waals surface area contributed by atoms with Gasteiger partial charge >= 0.3 is 5.97 Å². The third kappa shape index (κ3) is 6.46. The summed E-state index contributed by atoms with van der Waals surface area (Å²) in [5, 5.41) is 14.1. The number of carbonyl (C=O) groups excluding carboxylic acids is 3. The zero-order chi connectivity index (χ0) is 26.0. The number of hydrogen-bond acceptors (Lipinski definition) is 5. The summed E-state index contributed by atoms with van der Waals surface area (Å²) in [5.74, 6) is -3.58. The Balaban J connectivity index is 1.68. The summed E-state index contributed by atoms with van der Waals surface area (Å²) in [7, 11) is 0. The van der Waals surface area contributed by atoms with Crippen molar-refractivity contribution in [3.8, 4) is 5.75 Å². The fourth-order valence-corrected chi connectivity index (χ4v) is 3.96. The maximum atomic E-state index is 14.2. The van der Waals surface area contributed by atoms with Crippen molar-refractivity contribution in [2.45, 2.75) is 70.8 Å². The second-order valence-electron chi connectivity index (χ2n) is 10.1. The van der Waals surface area contributed by atoms with Crippen LogP contribution in [0.25, 0.3) is 0 Å². The van der Waals surface area contributed by atoms with Crippen LogP contribution >= 0.6 is 0 Å². The first-order valence-electron chi connectivity index (χ1n) is 11.5. The predicted molar refractivity (Wildman–Crippen MR) is 121 cm³/mol. The minimum Gasteiger partial charge on any atom is -0.481 e. The second kappa shape index (κ2) is 10.2. The average molecular weight is 496 g/mol. The van der Waals surface area contributed by atoms with Crippen LogP contribution in [0, 0.1) is 11.2 Å². The number of nitrogens with one attached hydrogen (secondary N) is 2. The summed E-state index contributed by atoms with van der Waals surface area (Å²) in [6, 6.07) is 1.76. The van der Waals surface area contributed by atoms with Crippen molar-refractivity contribution in [2.75, 3.05) is 13.2 Å². The number of rotatable bonds is 9. The lowest BCUT2D eigenvalue weighted by molar-refractivity contribution is -0.144. The maximum absolute atomic E-state index is 14.2. The molecule has 2 aliphatic rings. The van der Waals surface area contributed by atoms with Gasteiger partial charge in [-0.25, -0.2) is 13.6 Å². The van der Waals surface area contributed by atoms with Crippen LogP contribution in [0.4, 0.5) is 8.78 Å². The van der Waals surface area contributed by atoms with Crippen LogP contribution in [0.1, 0.15) is 52.0 Å². The summed E-state index contributed by atoms with van der Waals surface area (Å²) >= 11 is 0. The topological polar surface area (TPSA) is 125 Å². The quantitative estimate of drug-likeness (QED) is 0.481. The Bertz CT molecular complexity index is 1010. The van der Waals surface area contributed by atoms with Crippen molar-refractivity contribution in [3.05, 3.63) is 29.6 Å². The standard InChI is InChI=1S/C24H31F2N3O6/c1-23(2,3)19(28-22(34)24(26)8-9-24)21(33)29-10-4-5-16(29)20(32)27-12-14-6-7-15(25)11-17(14)35-13-18(30)31/h6-7,11,16,19H,4-5,8-10,12-13H2,1-3H3,(H,27,32)(H,28,34)(H,30,31). The van der Waals surface area contributed by atoms with Crippen molar-refractivity contribution in [1.82, 2.24) is 15.5 Å². The molecule has 0 aromatic heterocycles. The van der Waals surface area contributed by atoms with Gasteiger partial charge in [0, 0.05) is 24.7 Å². The first kappa shape index (κ1) is 26.4. The summed E-state index contributed by atoms with van der Waals surface area (Å²) in [6.45, 7) is 4.83. The molecule has 3 amide bonds. The Morgan fingerprint density at radius 2 is 1.94 bits per heavy atom. The van der Waals surface area contributed by atoms with Crippen LogP contribution < -0.4 is 15.4 Å². The monoisotopic (exact) mass is 495 g/mol. The molecule has 0 bridgehead atoms. The molecule has 1 aliphatic heterocycles. The fraction of sp³-hybridized carbons (Fsp3) is 0.583. The Morgan fingerprint density at radius 3 is 2.54 bits per heavy atom. The molecule has 0 radical (unpaired) electrons. The number of hydrogen-bond donors (Lipinski definition) is 3. The zero-order valence-electron chi connectivity index (χ0n) is 20.0. The molecule has 0 spiro atoms. The van der Waals surface area contributed by atoms with Gasteiger partial charge in [-0.1, -0.05) is 26.8 Å². The minimum absolute atomic E-state index is 0.0113. The van der Waals surface area contributed by atoms with Crippen molar-refractivity contribution >= 4 is 23.7 Å². The Morgan fingerprint density at radius 1 is 1.26 bits per heavy atom. The van der Waals surface area contributed by atoms with Crippen molar-refractivity contribution in [3.63, 3.8) is 0 Å². The van der Waals surface area contributed by atoms with Gasteiger partial charge in [-0.2, -0.15) is 0 Å². The van der Waals surface area contributed by atoms with Gasteiger partial charge in [-0.05, 0) is 37.2 Å². The number of nitrogens with zero attached hydrogens (tertiary/aromatic N) is 1. The van der Waals surface area contributed by atoms with E-state index in [1.807, 2.05) is 0 Å². The molecule has 1 aromatic carbocycles. The summed E-state index contributed by atoms with van der Waals surface area (Å²) < 4.78 is 32.9. The summed E-state index contributed by atoms with van der Waals surface area (Å²) in [5.41, 5.74) is -2.28. The minimum atomic E-state index is -1.93. The molecule has 35 heavy (non-hydrogen) atoms. The lowest BCUT2D eigenvalue weighted by Crippen LogP contribution is -2.58. The van der Waals surface area contributed by atoms with Crippen molar-refractivity contribution in [2.24, 2.45) is 5.41 Å². The second-order valence-corrected chi connectivity index (χ2v) is 10.1. The van der Waals surface area contributed by atoms with Gasteiger partial charge < -0.3 is 25.4 Å². The van der Waals surface area contributed by atoms with E-state index in [0.717, 1.165) is 12.1 Å². The van der Waals surface area contributed by atoms with Crippen LogP contribution in [0.5, 0.6) is 5.75 Å². The molecule has 1 saturated heterocycles. The lowest BCUT2D eigenvalue weighted by Gasteiger charge is -2.35. The van der Waals surface area contributed by atoms with E-state index >= 15 is 0 Å². The van der Waals surface area contributed by atoms with Crippen LogP contribution in [0.2, 0.25) is 0 Å². The molecule has 2 unspecified atom stereocenters. The fourth-order valence-electron chi connectivity index (χ4n) is 3.96. The highest BCUT2D eigenvalue weighted by Gasteiger charge is 2.53. The molecule has 192 valence electrons. The van der Waals surface area contributed by atoms with E-state index < -0.39 is 59.3 Å². The summed E-state index contributed by atoms with van der Waals surface area (Å²) in [6.07, 6.45) is 1.23. The molecule has 11 heteroatoms. The van der Waals surface area contributed by atoms with Crippen LogP contribution in [0.15, 0.2) is 18.2 Å². The molecule has 1 aromatic rings. The van der Waals surface area contributed by atoms with Gasteiger partial charge in [0.25, 0.3) is 5.91 Å². The molecule has 3 rings (SSSR count). The van der Waals surface area contributed by atoms with Crippen molar-refractivity contribution < 1.29 is 37.8 Å². The number of carbonyl (C=O) groups is 4. The van der Waals surface area contributed by atoms with Gasteiger partial charge in [0.1, 0.15) is 23.7 Å². The summed E-state index contributed by atoms with van der Waals surface area (Å²) in [4.78, 5) is 50.9. The molecule has 3 N–H and O–H groups in total. The van der Waals surface area contributed by atoms with E-state index in [0.29, 0.717) is 24.9 Å². The number of amides is 3. The highest BCUT2D eigenvalue weighted by Crippen LogP contribution is 2.40. The number of carboxylic acid groups (broad SMARTS) is 1. The Labute approximate surface area is 202 Å². The first-order valence-corrected chi connectivity index (χ1v) is 11.5. The molecule has 1 aliphatic carbocycles. The van der Waals surface area contributed by atoms with Gasteiger partial charge in [-0.15, -0.1) is 0 Å². The number of benzene rings is 1. The third-order valence-electron chi connectivity index (χ3n) is 6.16. The van der Waals surface area contributed by atoms with Crippen LogP contribution in [-0.2, 0) is 25.7 Å². The molecular formula is C24H31F2N3O6. The lowest BCUT2D eigenvalue weighted by atomic mass is 9.85. The normalized spacial score (nSPS) is 19.6. The Hall–Kier alpha value is -3.24. The molecule has 2 atom stereocenters. The van der Waals surface area contributed by atoms with E-state index in [1.54, 1.807) is 20.8 Å². The van der Waals surface area contributed by atoms with Gasteiger partial charge in [0.05, 0.1) is 0 Å². The SMILES string of the molecule is CC(C)(C)C(NC(=O)C1(F)CC1)C(=O)N1CCCC1C(=O)NCc1ccc(F)cc1OCC(=O)O. The first-order chi connectivity index (χ1) is 16.3. The van der Waals surface area contributed by atoms with Gasteiger partial charge in [0.15, 0.2) is 12.3 Å². The zero-order valence-corrected chi connectivity index (χ0v) is 20.0. The number of aliphatic carboxylic acids is 1. The number of ether oxygens (including phenoxy) is 1. The van der Waals surface area contributed by atoms with Crippen LogP contribution in [0.3, 0.4) is 0 Å². The van der Waals surface area contributed by atoms with Gasteiger partial charge in [0.2, 0.25) is 11.8 Å². The third-order valence-corrected chi connectivity index (χ3v) is 6.16. The van der Waals surface area contributed by atoms with E-state index in [9.17, 15) is 28.0 Å². The maximum Gasteiger partial charge on any atom is 0.341 e. The van der Waals surface area contributed by atoms with Crippen LogP contribution in [-0.4, -0.2) is 64.6 Å². The van der Waals surface area contributed by atoms with E-state index in [1.165, 1.54) is 11.0 Å². The molecule has 1 saturated carbocycles. The number of carboxylic acids is 1.